The Morgan fingerprint density at radius 2 is 2.07 bits per heavy atom. The van der Waals surface area contributed by atoms with Crippen LogP contribution in [0.2, 0.25) is 0 Å². The van der Waals surface area contributed by atoms with Crippen molar-refractivity contribution in [1.29, 1.82) is 5.41 Å². The van der Waals surface area contributed by atoms with E-state index in [1.54, 1.807) is 0 Å². The van der Waals surface area contributed by atoms with Crippen LogP contribution in [-0.2, 0) is 0 Å². The molecule has 0 unspecified atom stereocenters. The second-order valence-electron chi connectivity index (χ2n) is 3.52. The van der Waals surface area contributed by atoms with Crippen molar-refractivity contribution in [2.75, 3.05) is 11.1 Å². The number of halogens is 1. The van der Waals surface area contributed by atoms with Crippen LogP contribution >= 0.6 is 0 Å². The molecule has 1 aromatic heterocycles. The maximum absolute atomic E-state index is 13.4. The lowest BCUT2D eigenvalue weighted by atomic mass is 10.2. The number of anilines is 2. The molecule has 82 valence electrons. The second kappa shape index (κ2) is 4.20. The van der Waals surface area contributed by atoms with Gasteiger partial charge in [-0.2, -0.15) is 14.4 Å². The molecule has 0 saturated carbocycles. The first-order valence-corrected chi connectivity index (χ1v) is 4.57. The number of nitrogen functional groups attached to an aromatic ring is 1. The van der Waals surface area contributed by atoms with Gasteiger partial charge in [0.15, 0.2) is 0 Å². The lowest BCUT2D eigenvalue weighted by Gasteiger charge is -2.13. The topological polar surface area (TPSA) is 87.7 Å². The minimum Gasteiger partial charge on any atom is -0.368 e. The normalized spacial score (nSPS) is 10.5. The van der Waals surface area contributed by atoms with Crippen LogP contribution in [0.4, 0.5) is 16.2 Å². The van der Waals surface area contributed by atoms with Crippen molar-refractivity contribution < 1.29 is 4.39 Å². The molecule has 1 rings (SSSR count). The van der Waals surface area contributed by atoms with Gasteiger partial charge < -0.3 is 16.5 Å². The van der Waals surface area contributed by atoms with Crippen molar-refractivity contribution in [1.82, 2.24) is 9.97 Å². The average molecular weight is 211 g/mol. The third-order valence-corrected chi connectivity index (χ3v) is 1.68. The summed E-state index contributed by atoms with van der Waals surface area (Å²) in [6.45, 7) is 5.25. The van der Waals surface area contributed by atoms with E-state index in [4.69, 9.17) is 11.1 Å². The predicted octanol–water partition coefficient (Wildman–Crippen LogP) is 1.41. The lowest BCUT2D eigenvalue weighted by molar-refractivity contribution is 0.579. The fraction of sp³-hybridized carbons (Fsp3) is 0.444. The summed E-state index contributed by atoms with van der Waals surface area (Å²) in [5, 5.41) is 10.4. The fourth-order valence-corrected chi connectivity index (χ4v) is 1.16. The van der Waals surface area contributed by atoms with Crippen LogP contribution in [0.1, 0.15) is 26.3 Å². The summed E-state index contributed by atoms with van der Waals surface area (Å²) in [6, 6.07) is 0.0804. The number of aromatic nitrogens is 2. The summed E-state index contributed by atoms with van der Waals surface area (Å²) in [6.07, 6.45) is 0. The molecule has 0 aromatic carbocycles. The van der Waals surface area contributed by atoms with E-state index < -0.39 is 5.95 Å². The summed E-state index contributed by atoms with van der Waals surface area (Å²) < 4.78 is 13.4. The summed E-state index contributed by atoms with van der Waals surface area (Å²) >= 11 is 0. The maximum Gasteiger partial charge on any atom is 0.228 e. The van der Waals surface area contributed by atoms with Gasteiger partial charge in [-0.25, -0.2) is 0 Å². The number of nitrogens with one attached hydrogen (secondary N) is 2. The zero-order valence-corrected chi connectivity index (χ0v) is 8.93. The Labute approximate surface area is 87.4 Å². The Kier molecular flexibility index (Phi) is 3.18. The Balaban J connectivity index is 3.27. The quantitative estimate of drug-likeness (QED) is 0.521. The molecule has 1 heterocycles. The van der Waals surface area contributed by atoms with E-state index in [0.717, 1.165) is 0 Å². The van der Waals surface area contributed by atoms with Crippen molar-refractivity contribution >= 4 is 17.5 Å². The van der Waals surface area contributed by atoms with Gasteiger partial charge in [0, 0.05) is 11.8 Å². The molecule has 6 heteroatoms. The molecule has 5 nitrogen and oxygen atoms in total. The number of nitrogens with zero attached hydrogens (tertiary/aromatic N) is 2. The standard InChI is InChI=1S/C9H14FN5/c1-4(2)13-8-6(5(3)11)7(10)14-9(12)15-8/h4,11H,1-3H3,(H3,12,13,14,15). The summed E-state index contributed by atoms with van der Waals surface area (Å²) in [5.41, 5.74) is 5.46. The molecule has 0 fully saturated rings. The summed E-state index contributed by atoms with van der Waals surface area (Å²) in [4.78, 5) is 7.25. The fourth-order valence-electron chi connectivity index (χ4n) is 1.16. The molecule has 0 radical (unpaired) electrons. The van der Waals surface area contributed by atoms with Gasteiger partial charge >= 0.3 is 0 Å². The van der Waals surface area contributed by atoms with Crippen molar-refractivity contribution in [2.24, 2.45) is 0 Å². The van der Waals surface area contributed by atoms with E-state index in [1.165, 1.54) is 6.92 Å². The van der Waals surface area contributed by atoms with Gasteiger partial charge in [-0.3, -0.25) is 0 Å². The van der Waals surface area contributed by atoms with Crippen LogP contribution in [0.3, 0.4) is 0 Å². The van der Waals surface area contributed by atoms with Crippen LogP contribution in [0.5, 0.6) is 0 Å². The number of nitrogens with two attached hydrogens (primary N) is 1. The zero-order chi connectivity index (χ0) is 11.6. The Morgan fingerprint density at radius 1 is 1.47 bits per heavy atom. The van der Waals surface area contributed by atoms with E-state index in [9.17, 15) is 4.39 Å². The van der Waals surface area contributed by atoms with Gasteiger partial charge in [0.25, 0.3) is 0 Å². The molecule has 0 spiro atoms. The zero-order valence-electron chi connectivity index (χ0n) is 8.93. The highest BCUT2D eigenvalue weighted by Gasteiger charge is 2.15. The van der Waals surface area contributed by atoms with Gasteiger partial charge in [-0.15, -0.1) is 0 Å². The molecule has 0 amide bonds. The lowest BCUT2D eigenvalue weighted by Crippen LogP contribution is -2.17. The predicted molar refractivity (Wildman–Crippen MR) is 57.7 cm³/mol. The average Bonchev–Trinajstić information content (AvgIpc) is 1.99. The third-order valence-electron chi connectivity index (χ3n) is 1.68. The number of hydrogen-bond donors (Lipinski definition) is 3. The van der Waals surface area contributed by atoms with E-state index >= 15 is 0 Å². The molecule has 0 aliphatic carbocycles. The number of rotatable bonds is 3. The molecule has 0 aliphatic rings. The Bertz CT molecular complexity index is 388. The van der Waals surface area contributed by atoms with Crippen molar-refractivity contribution in [3.05, 3.63) is 11.5 Å². The van der Waals surface area contributed by atoms with Crippen LogP contribution in [0.25, 0.3) is 0 Å². The van der Waals surface area contributed by atoms with Crippen LogP contribution in [-0.4, -0.2) is 21.7 Å². The maximum atomic E-state index is 13.4. The highest BCUT2D eigenvalue weighted by atomic mass is 19.1. The molecule has 0 atom stereocenters. The third kappa shape index (κ3) is 2.61. The first-order valence-electron chi connectivity index (χ1n) is 4.57. The van der Waals surface area contributed by atoms with Gasteiger partial charge in [-0.1, -0.05) is 0 Å². The molecular weight excluding hydrogens is 197 g/mol. The van der Waals surface area contributed by atoms with Crippen molar-refractivity contribution in [3.63, 3.8) is 0 Å². The van der Waals surface area contributed by atoms with E-state index in [2.05, 4.69) is 15.3 Å². The van der Waals surface area contributed by atoms with Crippen molar-refractivity contribution in [2.45, 2.75) is 26.8 Å². The SMILES string of the molecule is CC(=N)c1c(F)nc(N)nc1NC(C)C. The summed E-state index contributed by atoms with van der Waals surface area (Å²) in [5.74, 6) is -0.638. The molecule has 0 aliphatic heterocycles. The second-order valence-corrected chi connectivity index (χ2v) is 3.52. The first-order chi connectivity index (χ1) is 6.91. The minimum absolute atomic E-state index is 0.0654. The molecule has 0 bridgehead atoms. The van der Waals surface area contributed by atoms with Gasteiger partial charge in [0.2, 0.25) is 11.9 Å². The minimum atomic E-state index is -0.766. The molecule has 1 aromatic rings. The van der Waals surface area contributed by atoms with Crippen LogP contribution in [0.15, 0.2) is 0 Å². The van der Waals surface area contributed by atoms with Gasteiger partial charge in [0.1, 0.15) is 5.82 Å². The van der Waals surface area contributed by atoms with Gasteiger partial charge in [0.05, 0.1) is 5.56 Å². The van der Waals surface area contributed by atoms with Crippen molar-refractivity contribution in [3.8, 4) is 0 Å². The van der Waals surface area contributed by atoms with Crippen LogP contribution < -0.4 is 11.1 Å². The summed E-state index contributed by atoms with van der Waals surface area (Å²) in [7, 11) is 0. The number of hydrogen-bond acceptors (Lipinski definition) is 5. The molecule has 15 heavy (non-hydrogen) atoms. The molecule has 0 saturated heterocycles. The van der Waals surface area contributed by atoms with E-state index in [-0.39, 0.29) is 29.1 Å². The molecule has 4 N–H and O–H groups in total. The highest BCUT2D eigenvalue weighted by molar-refractivity contribution is 6.00. The highest BCUT2D eigenvalue weighted by Crippen LogP contribution is 2.17. The Morgan fingerprint density at radius 3 is 2.53 bits per heavy atom. The molecular formula is C9H14FN5. The largest absolute Gasteiger partial charge is 0.368 e. The van der Waals surface area contributed by atoms with E-state index in [0.29, 0.717) is 0 Å². The van der Waals surface area contributed by atoms with Crippen LogP contribution in [0, 0.1) is 11.4 Å². The smallest absolute Gasteiger partial charge is 0.228 e. The van der Waals surface area contributed by atoms with Gasteiger partial charge in [-0.05, 0) is 20.8 Å². The first kappa shape index (κ1) is 11.4. The Hall–Kier alpha value is -1.72. The van der Waals surface area contributed by atoms with E-state index in [1.807, 2.05) is 13.8 Å². The monoisotopic (exact) mass is 211 g/mol.